The fourth-order valence-electron chi connectivity index (χ4n) is 2.89. The first-order valence-corrected chi connectivity index (χ1v) is 7.54. The number of hydrogen-bond donors (Lipinski definition) is 1. The number of nitrogens with zero attached hydrogens (tertiary/aromatic N) is 2. The van der Waals surface area contributed by atoms with Gasteiger partial charge in [-0.05, 0) is 28.8 Å². The van der Waals surface area contributed by atoms with Crippen LogP contribution >= 0.6 is 0 Å². The van der Waals surface area contributed by atoms with Crippen LogP contribution in [0, 0.1) is 0 Å². The Labute approximate surface area is 134 Å². The monoisotopic (exact) mass is 310 g/mol. The van der Waals surface area contributed by atoms with Gasteiger partial charge in [0.1, 0.15) is 6.61 Å². The number of Topliss-reactive ketones (excluding diaryl/α,β-unsaturated/α-hetero) is 2. The fraction of sp³-hybridized carbons (Fsp3) is 0.278. The van der Waals surface area contributed by atoms with Gasteiger partial charge in [-0.2, -0.15) is 0 Å². The Bertz CT molecular complexity index is 728. The first-order valence-electron chi connectivity index (χ1n) is 7.54. The Hall–Kier alpha value is -2.37. The van der Waals surface area contributed by atoms with E-state index in [1.807, 2.05) is 18.2 Å². The lowest BCUT2D eigenvalue weighted by molar-refractivity contribution is -0.119. The van der Waals surface area contributed by atoms with Crippen LogP contribution in [0.2, 0.25) is 0 Å². The molecular weight excluding hydrogens is 292 g/mol. The highest BCUT2D eigenvalue weighted by atomic mass is 16.3. The summed E-state index contributed by atoms with van der Waals surface area (Å²) in [5, 5.41) is 9.02. The van der Waals surface area contributed by atoms with E-state index in [1.54, 1.807) is 24.5 Å². The molecule has 5 heteroatoms. The minimum atomic E-state index is -0.503. The fourth-order valence-corrected chi connectivity index (χ4v) is 2.89. The lowest BCUT2D eigenvalue weighted by atomic mass is 9.99. The molecule has 0 aliphatic carbocycles. The number of fused-ring (bicyclic) bond motifs is 1. The second-order valence-electron chi connectivity index (χ2n) is 5.79. The molecule has 0 amide bonds. The third kappa shape index (κ3) is 3.70. The van der Waals surface area contributed by atoms with E-state index >= 15 is 0 Å². The van der Waals surface area contributed by atoms with Crippen molar-refractivity contribution in [3.63, 3.8) is 0 Å². The molecule has 1 aliphatic rings. The van der Waals surface area contributed by atoms with Crippen molar-refractivity contribution in [1.29, 1.82) is 0 Å². The van der Waals surface area contributed by atoms with Gasteiger partial charge in [0.25, 0.3) is 0 Å². The Kier molecular flexibility index (Phi) is 4.60. The first-order chi connectivity index (χ1) is 11.2. The molecule has 3 rings (SSSR count). The molecule has 1 aliphatic heterocycles. The van der Waals surface area contributed by atoms with E-state index in [4.69, 9.17) is 5.11 Å². The van der Waals surface area contributed by atoms with E-state index in [2.05, 4.69) is 9.88 Å². The van der Waals surface area contributed by atoms with Gasteiger partial charge in [0, 0.05) is 37.5 Å². The Morgan fingerprint density at radius 2 is 2.09 bits per heavy atom. The predicted molar refractivity (Wildman–Crippen MR) is 84.9 cm³/mol. The molecule has 2 heterocycles. The number of benzene rings is 1. The largest absolute Gasteiger partial charge is 0.388 e. The van der Waals surface area contributed by atoms with E-state index in [0.29, 0.717) is 31.6 Å². The summed E-state index contributed by atoms with van der Waals surface area (Å²) in [4.78, 5) is 30.0. The summed E-state index contributed by atoms with van der Waals surface area (Å²) in [5.74, 6) is -0.143. The number of ketones is 2. The van der Waals surface area contributed by atoms with Crippen molar-refractivity contribution < 1.29 is 14.7 Å². The van der Waals surface area contributed by atoms with E-state index in [9.17, 15) is 9.59 Å². The molecule has 1 N–H and O–H groups in total. The smallest absolute Gasteiger partial charge is 0.188 e. The zero-order valence-electron chi connectivity index (χ0n) is 12.7. The maximum atomic E-state index is 12.2. The zero-order valence-corrected chi connectivity index (χ0v) is 12.7. The van der Waals surface area contributed by atoms with E-state index < -0.39 is 6.61 Å². The molecule has 0 spiro atoms. The quantitative estimate of drug-likeness (QED) is 0.864. The number of aromatic nitrogens is 1. The summed E-state index contributed by atoms with van der Waals surface area (Å²) in [7, 11) is 0. The molecule has 118 valence electrons. The molecule has 0 bridgehead atoms. The lowest BCUT2D eigenvalue weighted by Crippen LogP contribution is -2.27. The van der Waals surface area contributed by atoms with Crippen LogP contribution in [0.3, 0.4) is 0 Å². The highest BCUT2D eigenvalue weighted by molar-refractivity contribution is 5.97. The predicted octanol–water partition coefficient (Wildman–Crippen LogP) is 1.38. The summed E-state index contributed by atoms with van der Waals surface area (Å²) in [6.45, 7) is 1.11. The highest BCUT2D eigenvalue weighted by Gasteiger charge is 2.21. The van der Waals surface area contributed by atoms with Crippen molar-refractivity contribution in [2.45, 2.75) is 19.5 Å². The zero-order chi connectivity index (χ0) is 16.2. The average Bonchev–Trinajstić information content (AvgIpc) is 2.71. The third-order valence-corrected chi connectivity index (χ3v) is 3.98. The van der Waals surface area contributed by atoms with Crippen molar-refractivity contribution in [2.75, 3.05) is 13.2 Å². The average molecular weight is 310 g/mol. The summed E-state index contributed by atoms with van der Waals surface area (Å²) < 4.78 is 0. The Morgan fingerprint density at radius 3 is 2.83 bits per heavy atom. The summed E-state index contributed by atoms with van der Waals surface area (Å²) in [5.41, 5.74) is 3.46. The van der Waals surface area contributed by atoms with Gasteiger partial charge in [0.2, 0.25) is 0 Å². The van der Waals surface area contributed by atoms with Crippen molar-refractivity contribution in [2.24, 2.45) is 0 Å². The molecule has 2 aromatic rings. The number of carbonyl (C=O) groups is 2. The second kappa shape index (κ2) is 6.81. The minimum Gasteiger partial charge on any atom is -0.388 e. The number of pyridine rings is 1. The van der Waals surface area contributed by atoms with Crippen LogP contribution in [0.5, 0.6) is 0 Å². The first kappa shape index (κ1) is 15.5. The molecule has 1 aromatic heterocycles. The molecule has 0 saturated carbocycles. The van der Waals surface area contributed by atoms with Crippen LogP contribution in [0.1, 0.15) is 27.0 Å². The standard InChI is InChI=1S/C18H18N2O3/c21-12-18(23)15-4-3-14-7-17(22)11-20(10-16(14)6-15)9-13-2-1-5-19-8-13/h1-6,8,21H,7,9-12H2. The van der Waals surface area contributed by atoms with Gasteiger partial charge in [0.15, 0.2) is 11.6 Å². The number of aliphatic hydroxyl groups is 1. The van der Waals surface area contributed by atoms with Crippen molar-refractivity contribution >= 4 is 11.6 Å². The number of hydrogen-bond acceptors (Lipinski definition) is 5. The third-order valence-electron chi connectivity index (χ3n) is 3.98. The summed E-state index contributed by atoms with van der Waals surface area (Å²) >= 11 is 0. The van der Waals surface area contributed by atoms with Gasteiger partial charge >= 0.3 is 0 Å². The van der Waals surface area contributed by atoms with Gasteiger partial charge in [-0.25, -0.2) is 0 Å². The topological polar surface area (TPSA) is 70.5 Å². The van der Waals surface area contributed by atoms with Crippen molar-refractivity contribution in [3.05, 3.63) is 65.0 Å². The molecule has 0 radical (unpaired) electrons. The molecule has 23 heavy (non-hydrogen) atoms. The number of rotatable bonds is 4. The molecule has 5 nitrogen and oxygen atoms in total. The van der Waals surface area contributed by atoms with Crippen LogP contribution in [0.25, 0.3) is 0 Å². The maximum absolute atomic E-state index is 12.2. The van der Waals surface area contributed by atoms with Crippen LogP contribution in [0.4, 0.5) is 0 Å². The van der Waals surface area contributed by atoms with Gasteiger partial charge in [-0.3, -0.25) is 19.5 Å². The lowest BCUT2D eigenvalue weighted by Gasteiger charge is -2.19. The van der Waals surface area contributed by atoms with Gasteiger partial charge < -0.3 is 5.11 Å². The summed E-state index contributed by atoms with van der Waals surface area (Å²) in [6.07, 6.45) is 3.90. The Morgan fingerprint density at radius 1 is 1.22 bits per heavy atom. The maximum Gasteiger partial charge on any atom is 0.188 e. The molecular formula is C18H18N2O3. The van der Waals surface area contributed by atoms with E-state index in [-0.39, 0.29) is 11.6 Å². The SMILES string of the molecule is O=C1Cc2ccc(C(=O)CO)cc2CN(Cc2cccnc2)C1. The summed E-state index contributed by atoms with van der Waals surface area (Å²) in [6, 6.07) is 9.16. The molecule has 0 unspecified atom stereocenters. The number of carbonyl (C=O) groups excluding carboxylic acids is 2. The van der Waals surface area contributed by atoms with Crippen LogP contribution in [-0.4, -0.2) is 39.7 Å². The van der Waals surface area contributed by atoms with Gasteiger partial charge in [-0.1, -0.05) is 18.2 Å². The van der Waals surface area contributed by atoms with Gasteiger partial charge in [-0.15, -0.1) is 0 Å². The van der Waals surface area contributed by atoms with Crippen LogP contribution in [0.15, 0.2) is 42.7 Å². The minimum absolute atomic E-state index is 0.161. The van der Waals surface area contributed by atoms with Crippen LogP contribution in [-0.2, 0) is 24.3 Å². The number of aliphatic hydroxyl groups excluding tert-OH is 1. The van der Waals surface area contributed by atoms with Crippen LogP contribution < -0.4 is 0 Å². The molecule has 0 saturated heterocycles. The second-order valence-corrected chi connectivity index (χ2v) is 5.79. The van der Waals surface area contributed by atoms with Crippen molar-refractivity contribution in [1.82, 2.24) is 9.88 Å². The molecule has 0 fully saturated rings. The van der Waals surface area contributed by atoms with Crippen molar-refractivity contribution in [3.8, 4) is 0 Å². The van der Waals surface area contributed by atoms with Gasteiger partial charge in [0.05, 0.1) is 6.54 Å². The normalized spacial score (nSPS) is 15.1. The Balaban J connectivity index is 1.86. The van der Waals surface area contributed by atoms with E-state index in [1.165, 1.54) is 0 Å². The van der Waals surface area contributed by atoms with E-state index in [0.717, 1.165) is 16.7 Å². The highest BCUT2D eigenvalue weighted by Crippen LogP contribution is 2.20. The molecule has 0 atom stereocenters. The molecule has 1 aromatic carbocycles.